The van der Waals surface area contributed by atoms with E-state index < -0.39 is 0 Å². The van der Waals surface area contributed by atoms with Crippen molar-refractivity contribution in [3.8, 4) is 5.75 Å². The van der Waals surface area contributed by atoms with Gasteiger partial charge >= 0.3 is 0 Å². The summed E-state index contributed by atoms with van der Waals surface area (Å²) >= 11 is 0. The van der Waals surface area contributed by atoms with E-state index in [0.29, 0.717) is 24.5 Å². The highest BCUT2D eigenvalue weighted by Gasteiger charge is 2.01. The molecule has 1 aromatic carbocycles. The molecular weight excluding hydrogens is 220 g/mol. The normalized spacial score (nSPS) is 11.1. The molecule has 0 heterocycles. The highest BCUT2D eigenvalue weighted by atomic mass is 16.5. The predicted molar refractivity (Wildman–Crippen MR) is 64.6 cm³/mol. The van der Waals surface area contributed by atoms with Gasteiger partial charge in [-0.1, -0.05) is 5.16 Å². The van der Waals surface area contributed by atoms with E-state index in [1.807, 2.05) is 0 Å². The molecule has 1 rings (SSSR count). The van der Waals surface area contributed by atoms with E-state index in [2.05, 4.69) is 10.5 Å². The van der Waals surface area contributed by atoms with Crippen LogP contribution in [0.2, 0.25) is 0 Å². The van der Waals surface area contributed by atoms with E-state index >= 15 is 0 Å². The first kappa shape index (κ1) is 13.0. The minimum absolute atomic E-state index is 0.0510. The van der Waals surface area contributed by atoms with Crippen molar-refractivity contribution >= 4 is 11.6 Å². The molecule has 1 aromatic rings. The second kappa shape index (κ2) is 6.52. The molecule has 2 N–H and O–H groups in total. The van der Waals surface area contributed by atoms with Crippen molar-refractivity contribution in [3.63, 3.8) is 0 Å². The average molecular weight is 236 g/mol. The maximum atomic E-state index is 10.9. The second-order valence-electron chi connectivity index (χ2n) is 3.48. The molecule has 0 aliphatic carbocycles. The van der Waals surface area contributed by atoms with Crippen LogP contribution in [0.1, 0.15) is 18.9 Å². The summed E-state index contributed by atoms with van der Waals surface area (Å²) in [5.41, 5.74) is 1.37. The van der Waals surface area contributed by atoms with E-state index in [4.69, 9.17) is 9.94 Å². The fourth-order valence-electron chi connectivity index (χ4n) is 1.24. The maximum Gasteiger partial charge on any atom is 0.223 e. The van der Waals surface area contributed by atoms with Crippen LogP contribution in [-0.2, 0) is 4.79 Å². The molecule has 17 heavy (non-hydrogen) atoms. The molecule has 0 radical (unpaired) electrons. The summed E-state index contributed by atoms with van der Waals surface area (Å²) in [5, 5.41) is 14.2. The van der Waals surface area contributed by atoms with Gasteiger partial charge in [0.05, 0.1) is 18.7 Å². The molecule has 0 aliphatic heterocycles. The molecule has 0 unspecified atom stereocenters. The van der Waals surface area contributed by atoms with Crippen LogP contribution in [0.5, 0.6) is 5.75 Å². The van der Waals surface area contributed by atoms with E-state index in [-0.39, 0.29) is 5.91 Å². The van der Waals surface area contributed by atoms with Crippen molar-refractivity contribution in [2.45, 2.75) is 13.3 Å². The number of rotatable bonds is 5. The molecular formula is C12H16N2O3. The lowest BCUT2D eigenvalue weighted by atomic mass is 10.1. The van der Waals surface area contributed by atoms with Crippen LogP contribution in [0.25, 0.3) is 0 Å². The molecule has 5 heteroatoms. The molecule has 0 aromatic heterocycles. The highest BCUT2D eigenvalue weighted by Crippen LogP contribution is 2.13. The standard InChI is InChI=1S/C12H16N2O3/c1-9(14-16)10-3-5-11(6-4-10)17-8-7-12(15)13-2/h3-6,16H,7-8H2,1-2H3,(H,13,15). The summed E-state index contributed by atoms with van der Waals surface area (Å²) in [5.74, 6) is 0.633. The van der Waals surface area contributed by atoms with E-state index in [9.17, 15) is 4.79 Å². The van der Waals surface area contributed by atoms with Crippen LogP contribution < -0.4 is 10.1 Å². The van der Waals surface area contributed by atoms with Crippen LogP contribution in [0.4, 0.5) is 0 Å². The number of hydrogen-bond donors (Lipinski definition) is 2. The van der Waals surface area contributed by atoms with Crippen molar-refractivity contribution in [1.29, 1.82) is 0 Å². The quantitative estimate of drug-likeness (QED) is 0.461. The molecule has 1 amide bonds. The lowest BCUT2D eigenvalue weighted by Crippen LogP contribution is -2.20. The predicted octanol–water partition coefficient (Wildman–Crippen LogP) is 1.40. The lowest BCUT2D eigenvalue weighted by Gasteiger charge is -2.06. The minimum Gasteiger partial charge on any atom is -0.493 e. The van der Waals surface area contributed by atoms with Gasteiger partial charge in [-0.05, 0) is 36.8 Å². The average Bonchev–Trinajstić information content (AvgIpc) is 2.38. The van der Waals surface area contributed by atoms with Crippen LogP contribution in [0, 0.1) is 0 Å². The van der Waals surface area contributed by atoms with E-state index in [1.54, 1.807) is 38.2 Å². The Balaban J connectivity index is 2.49. The zero-order chi connectivity index (χ0) is 12.7. The summed E-state index contributed by atoms with van der Waals surface area (Å²) in [4.78, 5) is 10.9. The summed E-state index contributed by atoms with van der Waals surface area (Å²) in [6.07, 6.45) is 0.329. The Labute approximate surface area is 100 Å². The molecule has 5 nitrogen and oxygen atoms in total. The van der Waals surface area contributed by atoms with Gasteiger partial charge in [-0.3, -0.25) is 4.79 Å². The molecule has 0 saturated heterocycles. The van der Waals surface area contributed by atoms with Gasteiger partial charge in [0, 0.05) is 7.05 Å². The summed E-state index contributed by atoms with van der Waals surface area (Å²) in [6, 6.07) is 7.14. The molecule has 0 saturated carbocycles. The number of amides is 1. The molecule has 0 fully saturated rings. The van der Waals surface area contributed by atoms with Gasteiger partial charge in [0.2, 0.25) is 5.91 Å². The third-order valence-electron chi connectivity index (χ3n) is 2.30. The largest absolute Gasteiger partial charge is 0.493 e. The Hall–Kier alpha value is -2.04. The van der Waals surface area contributed by atoms with Gasteiger partial charge in [0.1, 0.15) is 5.75 Å². The summed E-state index contributed by atoms with van der Waals surface area (Å²) < 4.78 is 5.38. The van der Waals surface area contributed by atoms with Crippen LogP contribution >= 0.6 is 0 Å². The number of nitrogens with one attached hydrogen (secondary N) is 1. The SMILES string of the molecule is CNC(=O)CCOc1ccc(C(C)=NO)cc1. The zero-order valence-electron chi connectivity index (χ0n) is 9.93. The first-order valence-electron chi connectivity index (χ1n) is 5.30. The number of benzene rings is 1. The summed E-state index contributed by atoms with van der Waals surface area (Å²) in [6.45, 7) is 2.05. The zero-order valence-corrected chi connectivity index (χ0v) is 9.93. The van der Waals surface area contributed by atoms with E-state index in [0.717, 1.165) is 5.56 Å². The number of carbonyl (C=O) groups is 1. The van der Waals surface area contributed by atoms with Crippen molar-refractivity contribution in [3.05, 3.63) is 29.8 Å². The monoisotopic (exact) mass is 236 g/mol. The minimum atomic E-state index is -0.0510. The fourth-order valence-corrected chi connectivity index (χ4v) is 1.24. The Kier molecular flexibility index (Phi) is 5.00. The number of oxime groups is 1. The van der Waals surface area contributed by atoms with Gasteiger partial charge in [0.15, 0.2) is 0 Å². The number of nitrogens with zero attached hydrogens (tertiary/aromatic N) is 1. The third-order valence-corrected chi connectivity index (χ3v) is 2.30. The second-order valence-corrected chi connectivity index (χ2v) is 3.48. The summed E-state index contributed by atoms with van der Waals surface area (Å²) in [7, 11) is 1.59. The molecule has 0 bridgehead atoms. The lowest BCUT2D eigenvalue weighted by molar-refractivity contribution is -0.121. The number of hydrogen-bond acceptors (Lipinski definition) is 4. The van der Waals surface area contributed by atoms with Crippen LogP contribution in [0.15, 0.2) is 29.4 Å². The third kappa shape index (κ3) is 4.14. The highest BCUT2D eigenvalue weighted by molar-refractivity contribution is 5.98. The Morgan fingerprint density at radius 2 is 2.06 bits per heavy atom. The fraction of sp³-hybridized carbons (Fsp3) is 0.333. The van der Waals surface area contributed by atoms with Crippen molar-refractivity contribution in [2.75, 3.05) is 13.7 Å². The van der Waals surface area contributed by atoms with Gasteiger partial charge < -0.3 is 15.3 Å². The Morgan fingerprint density at radius 1 is 1.41 bits per heavy atom. The maximum absolute atomic E-state index is 10.9. The van der Waals surface area contributed by atoms with E-state index in [1.165, 1.54) is 0 Å². The smallest absolute Gasteiger partial charge is 0.223 e. The van der Waals surface area contributed by atoms with Gasteiger partial charge in [-0.2, -0.15) is 0 Å². The first-order valence-corrected chi connectivity index (χ1v) is 5.30. The molecule has 0 spiro atoms. The van der Waals surface area contributed by atoms with Crippen molar-refractivity contribution < 1.29 is 14.7 Å². The molecule has 0 aliphatic rings. The van der Waals surface area contributed by atoms with Gasteiger partial charge in [0.25, 0.3) is 0 Å². The van der Waals surface area contributed by atoms with Crippen molar-refractivity contribution in [1.82, 2.24) is 5.32 Å². The number of carbonyl (C=O) groups excluding carboxylic acids is 1. The van der Waals surface area contributed by atoms with Crippen LogP contribution in [0.3, 0.4) is 0 Å². The Morgan fingerprint density at radius 3 is 2.59 bits per heavy atom. The molecule has 0 atom stereocenters. The molecule has 92 valence electrons. The number of ether oxygens (including phenoxy) is 1. The Bertz CT molecular complexity index is 399. The van der Waals surface area contributed by atoms with Gasteiger partial charge in [-0.25, -0.2) is 0 Å². The van der Waals surface area contributed by atoms with Crippen LogP contribution in [-0.4, -0.2) is 30.5 Å². The first-order chi connectivity index (χ1) is 8.17. The topological polar surface area (TPSA) is 70.9 Å². The van der Waals surface area contributed by atoms with Crippen molar-refractivity contribution in [2.24, 2.45) is 5.16 Å². The van der Waals surface area contributed by atoms with Gasteiger partial charge in [-0.15, -0.1) is 0 Å².